The van der Waals surface area contributed by atoms with Crippen LogP contribution in [0, 0.1) is 0 Å². The molecule has 0 saturated carbocycles. The molecule has 17 heavy (non-hydrogen) atoms. The lowest BCUT2D eigenvalue weighted by Gasteiger charge is -2.47. The number of aromatic nitrogens is 1. The number of fused-ring (bicyclic) bond motifs is 2. The molecule has 4 heteroatoms. The molecule has 4 nitrogen and oxygen atoms in total. The topological polar surface area (TPSA) is 41.3 Å². The third kappa shape index (κ3) is 2.38. The van der Waals surface area contributed by atoms with Crippen LogP contribution in [0.3, 0.4) is 0 Å². The minimum atomic E-state index is 0.645. The lowest BCUT2D eigenvalue weighted by atomic mass is 9.82. The molecular weight excluding hydrogens is 214 g/mol. The van der Waals surface area contributed by atoms with Crippen LogP contribution in [0.2, 0.25) is 0 Å². The molecule has 0 amide bonds. The van der Waals surface area contributed by atoms with Crippen molar-refractivity contribution in [2.24, 2.45) is 0 Å². The molecule has 1 aromatic heterocycles. The molecule has 2 unspecified atom stereocenters. The highest BCUT2D eigenvalue weighted by molar-refractivity contribution is 4.95. The summed E-state index contributed by atoms with van der Waals surface area (Å²) in [5.41, 5.74) is 0. The third-order valence-electron chi connectivity index (χ3n) is 4.39. The van der Waals surface area contributed by atoms with Gasteiger partial charge in [-0.15, -0.1) is 0 Å². The highest BCUT2D eigenvalue weighted by Crippen LogP contribution is 2.32. The van der Waals surface area contributed by atoms with Crippen molar-refractivity contribution < 1.29 is 4.42 Å². The minimum Gasteiger partial charge on any atom is -0.447 e. The lowest BCUT2D eigenvalue weighted by molar-refractivity contribution is 0.0478. The Kier molecular flexibility index (Phi) is 3.16. The predicted octanol–water partition coefficient (Wildman–Crippen LogP) is 1.78. The van der Waals surface area contributed by atoms with Crippen LogP contribution in [0.4, 0.5) is 0 Å². The highest BCUT2D eigenvalue weighted by Gasteiger charge is 2.35. The Balaban J connectivity index is 1.55. The van der Waals surface area contributed by atoms with Gasteiger partial charge in [0.25, 0.3) is 0 Å². The van der Waals surface area contributed by atoms with Gasteiger partial charge in [0.2, 0.25) is 0 Å². The SMILES string of the molecule is CN1C2CCCC1CC(NCc1cnco1)C2. The Morgan fingerprint density at radius 2 is 2.18 bits per heavy atom. The fourth-order valence-electron chi connectivity index (χ4n) is 3.36. The van der Waals surface area contributed by atoms with E-state index in [0.29, 0.717) is 6.04 Å². The van der Waals surface area contributed by atoms with Crippen molar-refractivity contribution in [3.63, 3.8) is 0 Å². The molecule has 2 bridgehead atoms. The number of nitrogens with zero attached hydrogens (tertiary/aromatic N) is 2. The van der Waals surface area contributed by atoms with Crippen molar-refractivity contribution in [3.05, 3.63) is 18.4 Å². The number of piperidine rings is 2. The molecule has 2 fully saturated rings. The quantitative estimate of drug-likeness (QED) is 0.867. The summed E-state index contributed by atoms with van der Waals surface area (Å²) in [4.78, 5) is 6.53. The van der Waals surface area contributed by atoms with Gasteiger partial charge in [0, 0.05) is 18.1 Å². The summed E-state index contributed by atoms with van der Waals surface area (Å²) < 4.78 is 5.26. The maximum absolute atomic E-state index is 5.26. The Hall–Kier alpha value is -0.870. The first-order valence-corrected chi connectivity index (χ1v) is 6.65. The summed E-state index contributed by atoms with van der Waals surface area (Å²) in [7, 11) is 2.29. The molecule has 2 aliphatic rings. The smallest absolute Gasteiger partial charge is 0.180 e. The monoisotopic (exact) mass is 235 g/mol. The molecule has 2 saturated heterocycles. The van der Waals surface area contributed by atoms with E-state index in [1.807, 2.05) is 0 Å². The van der Waals surface area contributed by atoms with Crippen LogP contribution in [0.5, 0.6) is 0 Å². The van der Waals surface area contributed by atoms with E-state index >= 15 is 0 Å². The summed E-state index contributed by atoms with van der Waals surface area (Å²) in [6.45, 7) is 0.813. The third-order valence-corrected chi connectivity index (χ3v) is 4.39. The van der Waals surface area contributed by atoms with Crippen LogP contribution < -0.4 is 5.32 Å². The average molecular weight is 235 g/mol. The number of oxazole rings is 1. The van der Waals surface area contributed by atoms with Crippen LogP contribution in [0.1, 0.15) is 37.9 Å². The zero-order valence-electron chi connectivity index (χ0n) is 10.4. The van der Waals surface area contributed by atoms with E-state index < -0.39 is 0 Å². The van der Waals surface area contributed by atoms with Gasteiger partial charge in [0.15, 0.2) is 6.39 Å². The number of hydrogen-bond acceptors (Lipinski definition) is 4. The maximum Gasteiger partial charge on any atom is 0.180 e. The van der Waals surface area contributed by atoms with Gasteiger partial charge in [0.05, 0.1) is 12.7 Å². The van der Waals surface area contributed by atoms with Gasteiger partial charge in [0.1, 0.15) is 5.76 Å². The van der Waals surface area contributed by atoms with Crippen LogP contribution in [0.15, 0.2) is 17.0 Å². The molecule has 0 aliphatic carbocycles. The van der Waals surface area contributed by atoms with E-state index in [1.54, 1.807) is 6.20 Å². The van der Waals surface area contributed by atoms with E-state index in [4.69, 9.17) is 4.42 Å². The van der Waals surface area contributed by atoms with E-state index in [0.717, 1.165) is 24.4 Å². The van der Waals surface area contributed by atoms with E-state index in [9.17, 15) is 0 Å². The fourth-order valence-corrected chi connectivity index (χ4v) is 3.36. The largest absolute Gasteiger partial charge is 0.447 e. The Morgan fingerprint density at radius 1 is 1.41 bits per heavy atom. The summed E-state index contributed by atoms with van der Waals surface area (Å²) >= 11 is 0. The summed E-state index contributed by atoms with van der Waals surface area (Å²) in [6.07, 6.45) is 10.0. The van der Waals surface area contributed by atoms with Gasteiger partial charge in [-0.2, -0.15) is 0 Å². The molecule has 0 spiro atoms. The van der Waals surface area contributed by atoms with Gasteiger partial charge < -0.3 is 14.6 Å². The van der Waals surface area contributed by atoms with E-state index in [2.05, 4.69) is 22.2 Å². The second-order valence-corrected chi connectivity index (χ2v) is 5.42. The molecule has 0 aromatic carbocycles. The van der Waals surface area contributed by atoms with Gasteiger partial charge in [-0.1, -0.05) is 6.42 Å². The minimum absolute atomic E-state index is 0.645. The number of nitrogens with one attached hydrogen (secondary N) is 1. The zero-order valence-corrected chi connectivity index (χ0v) is 10.4. The molecule has 3 rings (SSSR count). The van der Waals surface area contributed by atoms with Gasteiger partial charge in [-0.05, 0) is 32.7 Å². The first-order valence-electron chi connectivity index (χ1n) is 6.65. The van der Waals surface area contributed by atoms with Crippen molar-refractivity contribution in [1.29, 1.82) is 0 Å². The molecule has 3 heterocycles. The Morgan fingerprint density at radius 3 is 2.82 bits per heavy atom. The first-order chi connectivity index (χ1) is 8.33. The van der Waals surface area contributed by atoms with Crippen molar-refractivity contribution in [2.45, 2.75) is 56.8 Å². The normalized spacial score (nSPS) is 33.8. The lowest BCUT2D eigenvalue weighted by Crippen LogP contribution is -2.54. The predicted molar refractivity (Wildman–Crippen MR) is 65.6 cm³/mol. The highest BCUT2D eigenvalue weighted by atomic mass is 16.3. The van der Waals surface area contributed by atoms with Crippen LogP contribution in [-0.4, -0.2) is 35.1 Å². The maximum atomic E-state index is 5.26. The van der Waals surface area contributed by atoms with Gasteiger partial charge >= 0.3 is 0 Å². The molecular formula is C13H21N3O. The van der Waals surface area contributed by atoms with Crippen LogP contribution >= 0.6 is 0 Å². The number of hydrogen-bond donors (Lipinski definition) is 1. The van der Waals surface area contributed by atoms with Crippen LogP contribution in [0.25, 0.3) is 0 Å². The van der Waals surface area contributed by atoms with Crippen molar-refractivity contribution in [1.82, 2.24) is 15.2 Å². The number of rotatable bonds is 3. The Bertz CT molecular complexity index is 338. The zero-order chi connectivity index (χ0) is 11.7. The fraction of sp³-hybridized carbons (Fsp3) is 0.769. The van der Waals surface area contributed by atoms with Crippen molar-refractivity contribution in [3.8, 4) is 0 Å². The second kappa shape index (κ2) is 4.78. The molecule has 0 radical (unpaired) electrons. The van der Waals surface area contributed by atoms with Gasteiger partial charge in [-0.3, -0.25) is 0 Å². The van der Waals surface area contributed by atoms with Crippen molar-refractivity contribution in [2.75, 3.05) is 7.05 Å². The molecule has 94 valence electrons. The van der Waals surface area contributed by atoms with E-state index in [1.165, 1.54) is 38.5 Å². The molecule has 1 aromatic rings. The second-order valence-electron chi connectivity index (χ2n) is 5.42. The van der Waals surface area contributed by atoms with Gasteiger partial charge in [-0.25, -0.2) is 4.98 Å². The van der Waals surface area contributed by atoms with Crippen molar-refractivity contribution >= 4 is 0 Å². The first kappa shape index (κ1) is 11.2. The average Bonchev–Trinajstić information content (AvgIpc) is 2.79. The summed E-state index contributed by atoms with van der Waals surface area (Å²) in [5.74, 6) is 0.939. The Labute approximate surface area is 102 Å². The van der Waals surface area contributed by atoms with E-state index in [-0.39, 0.29) is 0 Å². The molecule has 2 aliphatic heterocycles. The summed E-state index contributed by atoms with van der Waals surface area (Å²) in [6, 6.07) is 2.22. The molecule has 2 atom stereocenters. The standard InChI is InChI=1S/C13H21N3O/c1-16-11-3-2-4-12(16)6-10(5-11)15-8-13-7-14-9-17-13/h7,9-12,15H,2-6,8H2,1H3. The molecule has 1 N–H and O–H groups in total. The summed E-state index contributed by atoms with van der Waals surface area (Å²) in [5, 5.41) is 3.61. The van der Waals surface area contributed by atoms with Crippen LogP contribution in [-0.2, 0) is 6.54 Å².